The summed E-state index contributed by atoms with van der Waals surface area (Å²) in [6, 6.07) is 16.8. The van der Waals surface area contributed by atoms with Crippen molar-refractivity contribution in [1.29, 1.82) is 0 Å². The van der Waals surface area contributed by atoms with Crippen molar-refractivity contribution < 1.29 is 9.59 Å². The molecule has 0 radical (unpaired) electrons. The average Bonchev–Trinajstić information content (AvgIpc) is 2.64. The summed E-state index contributed by atoms with van der Waals surface area (Å²) in [7, 11) is 0. The standard InChI is InChI=1S/C20H22N2O2.ClH/c21-18-8-6-15(7-9-18)14-19(23)22-12-10-17(11-13-22)20(24)16-4-2-1-3-5-16;/h1-9,17H,10-14,21H2;1H. The van der Waals surface area contributed by atoms with E-state index in [0.717, 1.165) is 24.0 Å². The maximum Gasteiger partial charge on any atom is 0.226 e. The number of hydrogen-bond acceptors (Lipinski definition) is 3. The Balaban J connectivity index is 0.00000225. The number of ketones is 1. The van der Waals surface area contributed by atoms with Gasteiger partial charge in [0.25, 0.3) is 0 Å². The number of benzene rings is 2. The van der Waals surface area contributed by atoms with Gasteiger partial charge in [-0.1, -0.05) is 42.5 Å². The first-order valence-corrected chi connectivity index (χ1v) is 8.35. The number of halogens is 1. The Morgan fingerprint density at radius 1 is 0.960 bits per heavy atom. The van der Waals surface area contributed by atoms with E-state index in [9.17, 15) is 9.59 Å². The molecule has 0 saturated carbocycles. The van der Waals surface area contributed by atoms with Gasteiger partial charge in [-0.15, -0.1) is 12.4 Å². The lowest BCUT2D eigenvalue weighted by molar-refractivity contribution is -0.131. The molecule has 25 heavy (non-hydrogen) atoms. The Morgan fingerprint density at radius 3 is 2.16 bits per heavy atom. The van der Waals surface area contributed by atoms with Gasteiger partial charge in [0.1, 0.15) is 0 Å². The number of nitrogen functional groups attached to an aromatic ring is 1. The summed E-state index contributed by atoms with van der Waals surface area (Å²) in [5.41, 5.74) is 8.10. The zero-order valence-electron chi connectivity index (χ0n) is 14.1. The number of anilines is 1. The van der Waals surface area contributed by atoms with Crippen LogP contribution in [0.2, 0.25) is 0 Å². The second kappa shape index (κ2) is 8.67. The molecule has 0 spiro atoms. The predicted molar refractivity (Wildman–Crippen MR) is 102 cm³/mol. The highest BCUT2D eigenvalue weighted by atomic mass is 35.5. The monoisotopic (exact) mass is 358 g/mol. The molecule has 2 aromatic rings. The summed E-state index contributed by atoms with van der Waals surface area (Å²) in [6.07, 6.45) is 1.86. The molecule has 0 aromatic heterocycles. The van der Waals surface area contributed by atoms with Gasteiger partial charge in [-0.25, -0.2) is 0 Å². The molecule has 0 unspecified atom stereocenters. The van der Waals surface area contributed by atoms with Crippen LogP contribution >= 0.6 is 12.4 Å². The van der Waals surface area contributed by atoms with Gasteiger partial charge >= 0.3 is 0 Å². The second-order valence-corrected chi connectivity index (χ2v) is 6.30. The number of likely N-dealkylation sites (tertiary alicyclic amines) is 1. The fourth-order valence-corrected chi connectivity index (χ4v) is 3.15. The predicted octanol–water partition coefficient (Wildman–Crippen LogP) is 3.35. The molecule has 2 N–H and O–H groups in total. The molecule has 1 amide bonds. The highest BCUT2D eigenvalue weighted by Gasteiger charge is 2.27. The first-order chi connectivity index (χ1) is 11.6. The molecule has 1 aliphatic rings. The molecule has 0 aliphatic carbocycles. The number of amides is 1. The van der Waals surface area contributed by atoms with E-state index in [4.69, 9.17) is 5.73 Å². The summed E-state index contributed by atoms with van der Waals surface area (Å²) in [4.78, 5) is 26.8. The van der Waals surface area contributed by atoms with E-state index in [-0.39, 0.29) is 30.0 Å². The van der Waals surface area contributed by atoms with Gasteiger partial charge in [0, 0.05) is 30.3 Å². The quantitative estimate of drug-likeness (QED) is 0.673. The van der Waals surface area contributed by atoms with Gasteiger partial charge in [-0.3, -0.25) is 9.59 Å². The van der Waals surface area contributed by atoms with Crippen LogP contribution in [0.25, 0.3) is 0 Å². The molecular weight excluding hydrogens is 336 g/mol. The molecule has 4 nitrogen and oxygen atoms in total. The average molecular weight is 359 g/mol. The minimum absolute atomic E-state index is 0. The van der Waals surface area contributed by atoms with Crippen molar-refractivity contribution in [2.45, 2.75) is 19.3 Å². The van der Waals surface area contributed by atoms with Crippen LogP contribution < -0.4 is 5.73 Å². The topological polar surface area (TPSA) is 63.4 Å². The lowest BCUT2D eigenvalue weighted by Gasteiger charge is -2.31. The van der Waals surface area contributed by atoms with Crippen molar-refractivity contribution in [2.75, 3.05) is 18.8 Å². The molecule has 0 atom stereocenters. The largest absolute Gasteiger partial charge is 0.399 e. The Labute approximate surface area is 154 Å². The Hall–Kier alpha value is -2.33. The van der Waals surface area contributed by atoms with E-state index in [2.05, 4.69) is 0 Å². The summed E-state index contributed by atoms with van der Waals surface area (Å²) >= 11 is 0. The van der Waals surface area contributed by atoms with Crippen molar-refractivity contribution in [3.8, 4) is 0 Å². The number of Topliss-reactive ketones (excluding diaryl/α,β-unsaturated/α-hetero) is 1. The molecule has 0 bridgehead atoms. The summed E-state index contributed by atoms with van der Waals surface area (Å²) in [5, 5.41) is 0. The SMILES string of the molecule is Cl.Nc1ccc(CC(=O)N2CCC(C(=O)c3ccccc3)CC2)cc1. The van der Waals surface area contributed by atoms with Crippen molar-refractivity contribution in [2.24, 2.45) is 5.92 Å². The van der Waals surface area contributed by atoms with Gasteiger partial charge in [0.2, 0.25) is 5.91 Å². The first-order valence-electron chi connectivity index (χ1n) is 8.35. The van der Waals surface area contributed by atoms with Crippen LogP contribution in [-0.2, 0) is 11.2 Å². The van der Waals surface area contributed by atoms with Crippen LogP contribution in [-0.4, -0.2) is 29.7 Å². The maximum atomic E-state index is 12.5. The third kappa shape index (κ3) is 4.83. The third-order valence-electron chi connectivity index (χ3n) is 4.61. The van der Waals surface area contributed by atoms with E-state index < -0.39 is 0 Å². The Morgan fingerprint density at radius 2 is 1.56 bits per heavy atom. The number of nitrogens with zero attached hydrogens (tertiary/aromatic N) is 1. The lowest BCUT2D eigenvalue weighted by atomic mass is 9.88. The smallest absolute Gasteiger partial charge is 0.226 e. The number of piperidine rings is 1. The van der Waals surface area contributed by atoms with Crippen LogP contribution in [0.1, 0.15) is 28.8 Å². The number of carbonyl (C=O) groups is 2. The van der Waals surface area contributed by atoms with Crippen LogP contribution in [0.15, 0.2) is 54.6 Å². The molecule has 1 saturated heterocycles. The van der Waals surface area contributed by atoms with Gasteiger partial charge in [-0.05, 0) is 30.5 Å². The van der Waals surface area contributed by atoms with E-state index in [1.807, 2.05) is 59.5 Å². The van der Waals surface area contributed by atoms with E-state index in [1.165, 1.54) is 0 Å². The van der Waals surface area contributed by atoms with Crippen LogP contribution in [0.5, 0.6) is 0 Å². The molecule has 132 valence electrons. The van der Waals surface area contributed by atoms with Crippen molar-refractivity contribution in [3.05, 3.63) is 65.7 Å². The van der Waals surface area contributed by atoms with Crippen LogP contribution in [0.3, 0.4) is 0 Å². The van der Waals surface area contributed by atoms with Crippen LogP contribution in [0, 0.1) is 5.92 Å². The van der Waals surface area contributed by atoms with Crippen molar-refractivity contribution in [1.82, 2.24) is 4.90 Å². The highest BCUT2D eigenvalue weighted by molar-refractivity contribution is 5.98. The van der Waals surface area contributed by atoms with E-state index in [1.54, 1.807) is 0 Å². The van der Waals surface area contributed by atoms with Gasteiger partial charge in [0.05, 0.1) is 6.42 Å². The number of hydrogen-bond donors (Lipinski definition) is 1. The number of carbonyl (C=O) groups excluding carboxylic acids is 2. The number of nitrogens with two attached hydrogens (primary N) is 1. The zero-order chi connectivity index (χ0) is 16.9. The van der Waals surface area contributed by atoms with Crippen LogP contribution in [0.4, 0.5) is 5.69 Å². The van der Waals surface area contributed by atoms with E-state index in [0.29, 0.717) is 25.2 Å². The van der Waals surface area contributed by atoms with Crippen molar-refractivity contribution in [3.63, 3.8) is 0 Å². The molecular formula is C20H23ClN2O2. The molecule has 1 aliphatic heterocycles. The van der Waals surface area contributed by atoms with Gasteiger partial charge in [-0.2, -0.15) is 0 Å². The lowest BCUT2D eigenvalue weighted by Crippen LogP contribution is -2.41. The molecule has 1 heterocycles. The zero-order valence-corrected chi connectivity index (χ0v) is 14.9. The summed E-state index contributed by atoms with van der Waals surface area (Å²) in [5.74, 6) is 0.333. The Kier molecular flexibility index (Phi) is 6.59. The van der Waals surface area contributed by atoms with Crippen molar-refractivity contribution >= 4 is 29.8 Å². The van der Waals surface area contributed by atoms with E-state index >= 15 is 0 Å². The maximum absolute atomic E-state index is 12.5. The summed E-state index contributed by atoms with van der Waals surface area (Å²) in [6.45, 7) is 1.30. The molecule has 1 fully saturated rings. The molecule has 3 rings (SSSR count). The van der Waals surface area contributed by atoms with Gasteiger partial charge in [0.15, 0.2) is 5.78 Å². The normalized spacial score (nSPS) is 14.6. The highest BCUT2D eigenvalue weighted by Crippen LogP contribution is 2.22. The second-order valence-electron chi connectivity index (χ2n) is 6.30. The minimum atomic E-state index is 0. The first kappa shape index (κ1) is 19.0. The molecule has 2 aromatic carbocycles. The Bertz CT molecular complexity index is 708. The summed E-state index contributed by atoms with van der Waals surface area (Å²) < 4.78 is 0. The fourth-order valence-electron chi connectivity index (χ4n) is 3.15. The third-order valence-corrected chi connectivity index (χ3v) is 4.61. The fraction of sp³-hybridized carbons (Fsp3) is 0.300. The number of rotatable bonds is 4. The van der Waals surface area contributed by atoms with Gasteiger partial charge < -0.3 is 10.6 Å². The molecule has 5 heteroatoms. The minimum Gasteiger partial charge on any atom is -0.399 e.